The van der Waals surface area contributed by atoms with Crippen LogP contribution in [0.3, 0.4) is 0 Å². The molecule has 0 bridgehead atoms. The monoisotopic (exact) mass is 410 g/mol. The lowest BCUT2D eigenvalue weighted by atomic mass is 9.53. The Kier molecular flexibility index (Phi) is 8.81. The first kappa shape index (κ1) is 26.0. The van der Waals surface area contributed by atoms with Crippen LogP contribution in [-0.4, -0.2) is 24.1 Å². The summed E-state index contributed by atoms with van der Waals surface area (Å²) in [7, 11) is 0. The van der Waals surface area contributed by atoms with Gasteiger partial charge in [0.2, 0.25) is 0 Å². The van der Waals surface area contributed by atoms with Crippen molar-refractivity contribution in [3.05, 3.63) is 0 Å². The third kappa shape index (κ3) is 6.21. The average molecular weight is 411 g/mol. The molecule has 0 aliphatic heterocycles. The Morgan fingerprint density at radius 2 is 1.52 bits per heavy atom. The highest BCUT2D eigenvalue weighted by Gasteiger charge is 2.54. The molecule has 0 saturated heterocycles. The van der Waals surface area contributed by atoms with E-state index in [-0.39, 0.29) is 47.3 Å². The van der Waals surface area contributed by atoms with E-state index in [1.807, 2.05) is 6.92 Å². The van der Waals surface area contributed by atoms with E-state index in [0.29, 0.717) is 0 Å². The number of carbonyl (C=O) groups is 2. The van der Waals surface area contributed by atoms with Gasteiger partial charge in [-0.25, -0.2) is 0 Å². The van der Waals surface area contributed by atoms with Crippen LogP contribution < -0.4 is 0 Å². The number of carbonyl (C=O) groups excluding carboxylic acids is 2. The lowest BCUT2D eigenvalue weighted by Crippen LogP contribution is -2.51. The van der Waals surface area contributed by atoms with Crippen molar-refractivity contribution in [3.63, 3.8) is 0 Å². The van der Waals surface area contributed by atoms with Gasteiger partial charge in [-0.2, -0.15) is 0 Å². The fourth-order valence-corrected chi connectivity index (χ4v) is 5.06. The highest BCUT2D eigenvalue weighted by molar-refractivity contribution is 5.78. The number of hydrogen-bond acceptors (Lipinski definition) is 4. The Morgan fingerprint density at radius 3 is 1.93 bits per heavy atom. The molecule has 0 radical (unpaired) electrons. The molecular weight excluding hydrogens is 364 g/mol. The summed E-state index contributed by atoms with van der Waals surface area (Å²) >= 11 is 0. The Bertz CT molecular complexity index is 546. The topological polar surface area (TPSA) is 52.6 Å². The minimum Gasteiger partial charge on any atom is -0.465 e. The molecule has 4 heteroatoms. The largest absolute Gasteiger partial charge is 0.465 e. The number of rotatable bonds is 9. The first-order valence-electron chi connectivity index (χ1n) is 11.6. The summed E-state index contributed by atoms with van der Waals surface area (Å²) in [5, 5.41) is 0. The van der Waals surface area contributed by atoms with Crippen LogP contribution in [0, 0.1) is 22.2 Å². The Balaban J connectivity index is 2.82. The maximum atomic E-state index is 13.3. The van der Waals surface area contributed by atoms with Gasteiger partial charge in [-0.3, -0.25) is 9.59 Å². The molecular formula is C25H46O4. The Hall–Kier alpha value is -1.06. The molecule has 0 amide bonds. The van der Waals surface area contributed by atoms with Crippen molar-refractivity contribution in [1.82, 2.24) is 0 Å². The summed E-state index contributed by atoms with van der Waals surface area (Å²) in [5.41, 5.74) is -1.21. The molecule has 2 unspecified atom stereocenters. The Labute approximate surface area is 179 Å². The third-order valence-corrected chi connectivity index (χ3v) is 7.33. The zero-order valence-corrected chi connectivity index (χ0v) is 20.6. The van der Waals surface area contributed by atoms with Gasteiger partial charge in [0.1, 0.15) is 12.2 Å². The van der Waals surface area contributed by atoms with Crippen molar-refractivity contribution in [2.24, 2.45) is 22.2 Å². The zero-order valence-electron chi connectivity index (χ0n) is 20.6. The second kappa shape index (κ2) is 9.83. The van der Waals surface area contributed by atoms with E-state index in [0.717, 1.165) is 44.9 Å². The molecule has 0 aromatic carbocycles. The summed E-state index contributed by atoms with van der Waals surface area (Å²) in [6, 6.07) is 0. The predicted octanol–water partition coefficient (Wildman–Crippen LogP) is 6.70. The van der Waals surface area contributed by atoms with Crippen LogP contribution >= 0.6 is 0 Å². The number of hydrogen-bond donors (Lipinski definition) is 0. The van der Waals surface area contributed by atoms with E-state index in [2.05, 4.69) is 55.4 Å². The fourth-order valence-electron chi connectivity index (χ4n) is 5.06. The van der Waals surface area contributed by atoms with Crippen LogP contribution in [0.5, 0.6) is 0 Å². The zero-order chi connectivity index (χ0) is 22.5. The number of ether oxygens (including phenoxy) is 2. The van der Waals surface area contributed by atoms with Crippen molar-refractivity contribution < 1.29 is 19.1 Å². The molecule has 1 fully saturated rings. The van der Waals surface area contributed by atoms with Crippen LogP contribution in [0.2, 0.25) is 0 Å². The van der Waals surface area contributed by atoms with Crippen LogP contribution in [0.15, 0.2) is 0 Å². The molecule has 0 spiro atoms. The second-order valence-corrected chi connectivity index (χ2v) is 11.3. The molecule has 0 N–H and O–H groups in total. The minimum absolute atomic E-state index is 0.0219. The minimum atomic E-state index is -0.638. The van der Waals surface area contributed by atoms with E-state index in [1.54, 1.807) is 0 Å². The van der Waals surface area contributed by atoms with Gasteiger partial charge < -0.3 is 9.47 Å². The fraction of sp³-hybridized carbons (Fsp3) is 0.920. The summed E-state index contributed by atoms with van der Waals surface area (Å²) < 4.78 is 11.5. The van der Waals surface area contributed by atoms with E-state index in [1.165, 1.54) is 0 Å². The van der Waals surface area contributed by atoms with E-state index < -0.39 is 5.41 Å². The smallest absolute Gasteiger partial charge is 0.312 e. The molecule has 1 rings (SSSR count). The van der Waals surface area contributed by atoms with Crippen molar-refractivity contribution in [1.29, 1.82) is 0 Å². The Morgan fingerprint density at radius 1 is 0.966 bits per heavy atom. The molecule has 0 heterocycles. The quantitative estimate of drug-likeness (QED) is 0.397. The first-order chi connectivity index (χ1) is 13.2. The van der Waals surface area contributed by atoms with Gasteiger partial charge in [0.25, 0.3) is 0 Å². The van der Waals surface area contributed by atoms with Crippen LogP contribution in [0.1, 0.15) is 114 Å². The van der Waals surface area contributed by atoms with E-state index in [9.17, 15) is 9.59 Å². The average Bonchev–Trinajstić information content (AvgIpc) is 3.05. The van der Waals surface area contributed by atoms with Crippen molar-refractivity contribution >= 4 is 11.9 Å². The molecule has 1 saturated carbocycles. The normalized spacial score (nSPS) is 20.0. The molecule has 0 aromatic rings. The van der Waals surface area contributed by atoms with Crippen molar-refractivity contribution in [2.75, 3.05) is 6.61 Å². The molecule has 29 heavy (non-hydrogen) atoms. The van der Waals surface area contributed by atoms with Gasteiger partial charge in [0, 0.05) is 0 Å². The summed E-state index contributed by atoms with van der Waals surface area (Å²) in [6.07, 6.45) is 7.09. The maximum Gasteiger partial charge on any atom is 0.312 e. The summed E-state index contributed by atoms with van der Waals surface area (Å²) in [6.45, 7) is 19.3. The number of esters is 2. The molecule has 1 aliphatic rings. The van der Waals surface area contributed by atoms with Gasteiger partial charge in [-0.05, 0) is 62.2 Å². The van der Waals surface area contributed by atoms with Gasteiger partial charge in [-0.15, -0.1) is 0 Å². The van der Waals surface area contributed by atoms with Crippen LogP contribution in [-0.2, 0) is 19.1 Å². The van der Waals surface area contributed by atoms with Gasteiger partial charge in [0.15, 0.2) is 0 Å². The van der Waals surface area contributed by atoms with Crippen molar-refractivity contribution in [2.45, 2.75) is 119 Å². The maximum absolute atomic E-state index is 13.3. The van der Waals surface area contributed by atoms with E-state index in [4.69, 9.17) is 9.47 Å². The highest BCUT2D eigenvalue weighted by Crippen LogP contribution is 2.53. The molecule has 1 aliphatic carbocycles. The predicted molar refractivity (Wildman–Crippen MR) is 119 cm³/mol. The van der Waals surface area contributed by atoms with E-state index >= 15 is 0 Å². The second-order valence-electron chi connectivity index (χ2n) is 11.3. The van der Waals surface area contributed by atoms with Crippen LogP contribution in [0.25, 0.3) is 0 Å². The lowest BCUT2D eigenvalue weighted by Gasteiger charge is -2.50. The SMILES string of the molecule is CCCC(C(C)(C)C)C(C)(C(=O)OCCC(=O)OC1(CC)CCCC1)C(C)(C)C. The first-order valence-corrected chi connectivity index (χ1v) is 11.6. The third-order valence-electron chi connectivity index (χ3n) is 7.33. The molecule has 170 valence electrons. The van der Waals surface area contributed by atoms with Gasteiger partial charge in [-0.1, -0.05) is 61.8 Å². The van der Waals surface area contributed by atoms with Gasteiger partial charge >= 0.3 is 11.9 Å². The molecule has 0 aromatic heterocycles. The summed E-state index contributed by atoms with van der Waals surface area (Å²) in [5.74, 6) is -0.265. The highest BCUT2D eigenvalue weighted by atomic mass is 16.6. The summed E-state index contributed by atoms with van der Waals surface area (Å²) in [4.78, 5) is 25.7. The van der Waals surface area contributed by atoms with Crippen LogP contribution in [0.4, 0.5) is 0 Å². The molecule has 2 atom stereocenters. The molecule has 4 nitrogen and oxygen atoms in total. The lowest BCUT2D eigenvalue weighted by molar-refractivity contribution is -0.175. The van der Waals surface area contributed by atoms with Gasteiger partial charge in [0.05, 0.1) is 11.8 Å². The van der Waals surface area contributed by atoms with Crippen molar-refractivity contribution in [3.8, 4) is 0 Å². The standard InChI is InChI=1S/C25H46O4/c1-10-14-19(22(3,4)5)24(9,23(6,7)8)21(27)28-18-15-20(26)29-25(11-2)16-12-13-17-25/h19H,10-18H2,1-9H3.